The highest BCUT2D eigenvalue weighted by atomic mass is 16.2. The minimum Gasteiger partial charge on any atom is -0.337 e. The highest BCUT2D eigenvalue weighted by Crippen LogP contribution is 2.28. The molecule has 0 spiro atoms. The van der Waals surface area contributed by atoms with Crippen molar-refractivity contribution in [2.24, 2.45) is 0 Å². The van der Waals surface area contributed by atoms with Crippen molar-refractivity contribution in [1.82, 2.24) is 20.1 Å². The van der Waals surface area contributed by atoms with E-state index in [2.05, 4.69) is 39.4 Å². The minimum absolute atomic E-state index is 0.0103. The quantitative estimate of drug-likeness (QED) is 0.807. The molecule has 0 unspecified atom stereocenters. The maximum Gasteiger partial charge on any atom is 0.271 e. The summed E-state index contributed by atoms with van der Waals surface area (Å²) in [5.74, 6) is 0.423. The largest absolute Gasteiger partial charge is 0.337 e. The second-order valence-electron chi connectivity index (χ2n) is 6.06. The van der Waals surface area contributed by atoms with Gasteiger partial charge in [-0.1, -0.05) is 30.3 Å². The van der Waals surface area contributed by atoms with Crippen LogP contribution in [0, 0.1) is 0 Å². The summed E-state index contributed by atoms with van der Waals surface area (Å²) in [7, 11) is 0. The maximum atomic E-state index is 12.7. The summed E-state index contributed by atoms with van der Waals surface area (Å²) in [5.41, 5.74) is 3.47. The van der Waals surface area contributed by atoms with Gasteiger partial charge in [0.25, 0.3) is 5.91 Å². The number of carbonyl (C=O) groups is 1. The number of pyridine rings is 1. The SMILES string of the molecule is O=C(c1cc(-c2cccnc2)n[nH]1)N1CC[C@@H](c2ccccc2)C1. The molecule has 1 N–H and O–H groups in total. The second-order valence-corrected chi connectivity index (χ2v) is 6.06. The van der Waals surface area contributed by atoms with Crippen LogP contribution in [0.1, 0.15) is 28.4 Å². The van der Waals surface area contributed by atoms with E-state index in [0.29, 0.717) is 11.6 Å². The second kappa shape index (κ2) is 6.28. The number of H-pyrrole nitrogens is 1. The molecule has 1 saturated heterocycles. The number of benzene rings is 1. The van der Waals surface area contributed by atoms with Crippen molar-refractivity contribution in [2.75, 3.05) is 13.1 Å². The Morgan fingerprint density at radius 2 is 2.04 bits per heavy atom. The average molecular weight is 318 g/mol. The van der Waals surface area contributed by atoms with Gasteiger partial charge in [0.2, 0.25) is 0 Å². The third kappa shape index (κ3) is 2.80. The summed E-state index contributed by atoms with van der Waals surface area (Å²) in [4.78, 5) is 18.7. The first kappa shape index (κ1) is 14.6. The van der Waals surface area contributed by atoms with Crippen molar-refractivity contribution in [3.63, 3.8) is 0 Å². The zero-order chi connectivity index (χ0) is 16.4. The molecule has 0 saturated carbocycles. The summed E-state index contributed by atoms with van der Waals surface area (Å²) >= 11 is 0. The predicted molar refractivity (Wildman–Crippen MR) is 91.5 cm³/mol. The van der Waals surface area contributed by atoms with Crippen LogP contribution in [0.2, 0.25) is 0 Å². The molecule has 0 radical (unpaired) electrons. The number of aromatic nitrogens is 3. The molecule has 1 aliphatic heterocycles. The first-order valence-electron chi connectivity index (χ1n) is 8.11. The maximum absolute atomic E-state index is 12.7. The Bertz CT molecular complexity index is 829. The monoisotopic (exact) mass is 318 g/mol. The molecule has 0 aliphatic carbocycles. The van der Waals surface area contributed by atoms with Crippen molar-refractivity contribution in [1.29, 1.82) is 0 Å². The van der Waals surface area contributed by atoms with Crippen molar-refractivity contribution in [3.05, 3.63) is 72.2 Å². The Morgan fingerprint density at radius 1 is 1.17 bits per heavy atom. The summed E-state index contributed by atoms with van der Waals surface area (Å²) < 4.78 is 0. The molecular weight excluding hydrogens is 300 g/mol. The molecule has 24 heavy (non-hydrogen) atoms. The molecule has 1 fully saturated rings. The fourth-order valence-corrected chi connectivity index (χ4v) is 3.21. The van der Waals surface area contributed by atoms with Gasteiger partial charge in [0.05, 0.1) is 5.69 Å². The van der Waals surface area contributed by atoms with Gasteiger partial charge in [0, 0.05) is 37.0 Å². The van der Waals surface area contributed by atoms with Crippen molar-refractivity contribution in [2.45, 2.75) is 12.3 Å². The van der Waals surface area contributed by atoms with E-state index in [-0.39, 0.29) is 5.91 Å². The Kier molecular flexibility index (Phi) is 3.83. The summed E-state index contributed by atoms with van der Waals surface area (Å²) in [6.07, 6.45) is 4.46. The van der Waals surface area contributed by atoms with Crippen LogP contribution in [0.25, 0.3) is 11.3 Å². The van der Waals surface area contributed by atoms with Crippen LogP contribution in [-0.4, -0.2) is 39.1 Å². The Morgan fingerprint density at radius 3 is 2.83 bits per heavy atom. The predicted octanol–water partition coefficient (Wildman–Crippen LogP) is 3.10. The van der Waals surface area contributed by atoms with Gasteiger partial charge in [0.1, 0.15) is 5.69 Å². The number of hydrogen-bond acceptors (Lipinski definition) is 3. The zero-order valence-corrected chi connectivity index (χ0v) is 13.2. The van der Waals surface area contributed by atoms with Gasteiger partial charge in [-0.25, -0.2) is 0 Å². The van der Waals surface area contributed by atoms with Crippen LogP contribution < -0.4 is 0 Å². The number of carbonyl (C=O) groups excluding carboxylic acids is 1. The third-order valence-electron chi connectivity index (χ3n) is 4.51. The number of nitrogens with one attached hydrogen (secondary N) is 1. The van der Waals surface area contributed by atoms with Crippen LogP contribution in [0.15, 0.2) is 60.9 Å². The molecule has 1 atom stereocenters. The van der Waals surface area contributed by atoms with Crippen LogP contribution in [0.4, 0.5) is 0 Å². The van der Waals surface area contributed by atoms with E-state index < -0.39 is 0 Å². The normalized spacial score (nSPS) is 17.2. The number of amides is 1. The molecule has 0 bridgehead atoms. The van der Waals surface area contributed by atoms with E-state index in [0.717, 1.165) is 30.8 Å². The number of aromatic amines is 1. The molecule has 1 aromatic carbocycles. The first-order chi connectivity index (χ1) is 11.8. The standard InChI is InChI=1S/C19H18N4O/c24-19(18-11-17(21-22-18)15-7-4-9-20-12-15)23-10-8-16(13-23)14-5-2-1-3-6-14/h1-7,9,11-12,16H,8,10,13H2,(H,21,22)/t16-/m1/s1. The topological polar surface area (TPSA) is 61.9 Å². The van der Waals surface area contributed by atoms with Crippen molar-refractivity contribution < 1.29 is 4.79 Å². The number of nitrogens with zero attached hydrogens (tertiary/aromatic N) is 3. The molecule has 3 heterocycles. The fourth-order valence-electron chi connectivity index (χ4n) is 3.21. The van der Waals surface area contributed by atoms with E-state index in [1.807, 2.05) is 23.1 Å². The molecule has 5 heteroatoms. The van der Waals surface area contributed by atoms with Gasteiger partial charge in [-0.15, -0.1) is 0 Å². The van der Waals surface area contributed by atoms with E-state index in [1.54, 1.807) is 18.5 Å². The molecule has 5 nitrogen and oxygen atoms in total. The third-order valence-corrected chi connectivity index (χ3v) is 4.51. The molecule has 120 valence electrons. The Hall–Kier alpha value is -2.95. The lowest BCUT2D eigenvalue weighted by molar-refractivity contribution is 0.0785. The van der Waals surface area contributed by atoms with Crippen LogP contribution in [0.5, 0.6) is 0 Å². The molecule has 4 rings (SSSR count). The minimum atomic E-state index is 0.0103. The molecule has 1 amide bonds. The lowest BCUT2D eigenvalue weighted by Gasteiger charge is -2.15. The summed E-state index contributed by atoms with van der Waals surface area (Å²) in [5, 5.41) is 7.11. The highest BCUT2D eigenvalue weighted by Gasteiger charge is 2.28. The van der Waals surface area contributed by atoms with Gasteiger partial charge in [0.15, 0.2) is 0 Å². The van der Waals surface area contributed by atoms with E-state index in [4.69, 9.17) is 0 Å². The van der Waals surface area contributed by atoms with E-state index in [1.165, 1.54) is 5.56 Å². The summed E-state index contributed by atoms with van der Waals surface area (Å²) in [6, 6.07) is 16.0. The lowest BCUT2D eigenvalue weighted by atomic mass is 9.99. The van der Waals surface area contributed by atoms with Crippen molar-refractivity contribution in [3.8, 4) is 11.3 Å². The van der Waals surface area contributed by atoms with Gasteiger partial charge in [-0.05, 0) is 30.2 Å². The number of rotatable bonds is 3. The van der Waals surface area contributed by atoms with Gasteiger partial charge in [-0.2, -0.15) is 5.10 Å². The van der Waals surface area contributed by atoms with Crippen LogP contribution >= 0.6 is 0 Å². The number of hydrogen-bond donors (Lipinski definition) is 1. The average Bonchev–Trinajstić information content (AvgIpc) is 3.33. The van der Waals surface area contributed by atoms with Gasteiger partial charge in [-0.3, -0.25) is 14.9 Å². The molecule has 1 aliphatic rings. The molecule has 2 aromatic heterocycles. The molecular formula is C19H18N4O. The van der Waals surface area contributed by atoms with Crippen molar-refractivity contribution >= 4 is 5.91 Å². The van der Waals surface area contributed by atoms with Crippen LogP contribution in [-0.2, 0) is 0 Å². The Labute approximate surface area is 140 Å². The summed E-state index contributed by atoms with van der Waals surface area (Å²) in [6.45, 7) is 1.53. The Balaban J connectivity index is 1.48. The smallest absolute Gasteiger partial charge is 0.271 e. The van der Waals surface area contributed by atoms with Gasteiger partial charge < -0.3 is 4.90 Å². The lowest BCUT2D eigenvalue weighted by Crippen LogP contribution is -2.28. The van der Waals surface area contributed by atoms with E-state index in [9.17, 15) is 4.79 Å². The number of likely N-dealkylation sites (tertiary alicyclic amines) is 1. The van der Waals surface area contributed by atoms with E-state index >= 15 is 0 Å². The van der Waals surface area contributed by atoms with Gasteiger partial charge >= 0.3 is 0 Å². The first-order valence-corrected chi connectivity index (χ1v) is 8.11. The zero-order valence-electron chi connectivity index (χ0n) is 13.2. The molecule has 3 aromatic rings. The highest BCUT2D eigenvalue weighted by molar-refractivity contribution is 5.93. The fraction of sp³-hybridized carbons (Fsp3) is 0.211. The van der Waals surface area contributed by atoms with Crippen LogP contribution in [0.3, 0.4) is 0 Å².